The van der Waals surface area contributed by atoms with E-state index in [-0.39, 0.29) is 24.3 Å². The molecule has 4 heteroatoms. The second-order valence-electron chi connectivity index (χ2n) is 5.63. The molecular formula is C16H30O4. The van der Waals surface area contributed by atoms with Crippen molar-refractivity contribution in [3.63, 3.8) is 0 Å². The summed E-state index contributed by atoms with van der Waals surface area (Å²) in [5, 5.41) is 0. The normalized spacial score (nSPS) is 12.2. The summed E-state index contributed by atoms with van der Waals surface area (Å²) in [6, 6.07) is 0. The average molecular weight is 286 g/mol. The Morgan fingerprint density at radius 1 is 0.950 bits per heavy atom. The van der Waals surface area contributed by atoms with Crippen molar-refractivity contribution in [2.24, 2.45) is 11.8 Å². The van der Waals surface area contributed by atoms with Gasteiger partial charge in [0.25, 0.3) is 0 Å². The average Bonchev–Trinajstić information content (AvgIpc) is 2.38. The zero-order valence-electron chi connectivity index (χ0n) is 13.4. The summed E-state index contributed by atoms with van der Waals surface area (Å²) in [6.07, 6.45) is 4.49. The highest BCUT2D eigenvalue weighted by Crippen LogP contribution is 2.18. The van der Waals surface area contributed by atoms with Gasteiger partial charge in [0, 0.05) is 0 Å². The third-order valence-electron chi connectivity index (χ3n) is 3.01. The zero-order valence-corrected chi connectivity index (χ0v) is 13.4. The summed E-state index contributed by atoms with van der Waals surface area (Å²) in [6.45, 7) is 9.04. The van der Waals surface area contributed by atoms with Crippen LogP contribution in [-0.4, -0.2) is 25.2 Å². The molecule has 0 fully saturated rings. The van der Waals surface area contributed by atoms with Gasteiger partial charge in [-0.15, -0.1) is 0 Å². The van der Waals surface area contributed by atoms with Crippen molar-refractivity contribution in [1.29, 1.82) is 0 Å². The van der Waals surface area contributed by atoms with Crippen LogP contribution in [0.25, 0.3) is 0 Å². The third-order valence-corrected chi connectivity index (χ3v) is 3.01. The molecule has 1 atom stereocenters. The molecule has 0 rings (SSSR count). The molecule has 4 nitrogen and oxygen atoms in total. The predicted octanol–water partition coefficient (Wildman–Crippen LogP) is 3.73. The maximum absolute atomic E-state index is 12.0. The quantitative estimate of drug-likeness (QED) is 0.429. The maximum Gasteiger partial charge on any atom is 0.309 e. The lowest BCUT2D eigenvalue weighted by molar-refractivity contribution is -0.156. The van der Waals surface area contributed by atoms with Crippen LogP contribution in [0.15, 0.2) is 0 Å². The molecule has 0 amide bonds. The van der Waals surface area contributed by atoms with Gasteiger partial charge in [0.2, 0.25) is 0 Å². The van der Waals surface area contributed by atoms with Crippen molar-refractivity contribution in [2.75, 3.05) is 13.2 Å². The first kappa shape index (κ1) is 18.9. The Balaban J connectivity index is 4.25. The molecule has 0 N–H and O–H groups in total. The van der Waals surface area contributed by atoms with Gasteiger partial charge in [-0.2, -0.15) is 0 Å². The van der Waals surface area contributed by atoms with Crippen molar-refractivity contribution in [3.05, 3.63) is 0 Å². The number of hydrogen-bond donors (Lipinski definition) is 0. The van der Waals surface area contributed by atoms with E-state index in [9.17, 15) is 9.59 Å². The number of esters is 2. The topological polar surface area (TPSA) is 52.6 Å². The molecule has 0 aromatic heterocycles. The lowest BCUT2D eigenvalue weighted by Crippen LogP contribution is -2.24. The minimum Gasteiger partial charge on any atom is -0.466 e. The minimum absolute atomic E-state index is 0.132. The van der Waals surface area contributed by atoms with Crippen molar-refractivity contribution in [3.8, 4) is 0 Å². The summed E-state index contributed by atoms with van der Waals surface area (Å²) < 4.78 is 10.3. The van der Waals surface area contributed by atoms with E-state index in [2.05, 4.69) is 0 Å². The number of hydrogen-bond acceptors (Lipinski definition) is 4. The predicted molar refractivity (Wildman–Crippen MR) is 79.3 cm³/mol. The van der Waals surface area contributed by atoms with Crippen LogP contribution in [0.3, 0.4) is 0 Å². The summed E-state index contributed by atoms with van der Waals surface area (Å²) >= 11 is 0. The number of ether oxygens (including phenoxy) is 2. The highest BCUT2D eigenvalue weighted by Gasteiger charge is 2.25. The highest BCUT2D eigenvalue weighted by molar-refractivity contribution is 5.79. The monoisotopic (exact) mass is 286 g/mol. The Hall–Kier alpha value is -1.06. The Labute approximate surface area is 123 Å². The van der Waals surface area contributed by atoms with E-state index in [0.717, 1.165) is 25.7 Å². The molecule has 0 radical (unpaired) electrons. The Morgan fingerprint density at radius 2 is 1.50 bits per heavy atom. The van der Waals surface area contributed by atoms with Gasteiger partial charge in [-0.25, -0.2) is 0 Å². The Bertz CT molecular complexity index is 274. The minimum atomic E-state index is -0.374. The smallest absolute Gasteiger partial charge is 0.309 e. The molecule has 0 saturated heterocycles. The van der Waals surface area contributed by atoms with Crippen LogP contribution < -0.4 is 0 Å². The molecule has 0 aliphatic heterocycles. The van der Waals surface area contributed by atoms with E-state index in [0.29, 0.717) is 25.6 Å². The van der Waals surface area contributed by atoms with E-state index in [1.807, 2.05) is 27.7 Å². The van der Waals surface area contributed by atoms with Crippen molar-refractivity contribution in [2.45, 2.75) is 66.2 Å². The van der Waals surface area contributed by atoms with Crippen LogP contribution in [0.2, 0.25) is 0 Å². The lowest BCUT2D eigenvalue weighted by Gasteiger charge is -2.17. The third kappa shape index (κ3) is 9.82. The summed E-state index contributed by atoms with van der Waals surface area (Å²) in [5.74, 6) is -0.584. The summed E-state index contributed by atoms with van der Waals surface area (Å²) in [7, 11) is 0. The fourth-order valence-electron chi connectivity index (χ4n) is 1.86. The molecule has 20 heavy (non-hydrogen) atoms. The first-order valence-corrected chi connectivity index (χ1v) is 7.83. The molecule has 0 aliphatic carbocycles. The SMILES string of the molecule is CCCCOC(=O)CC(CC(C)C)C(=O)OCCCC. The highest BCUT2D eigenvalue weighted by atomic mass is 16.5. The van der Waals surface area contributed by atoms with Crippen molar-refractivity contribution < 1.29 is 19.1 Å². The first-order valence-electron chi connectivity index (χ1n) is 7.83. The summed E-state index contributed by atoms with van der Waals surface area (Å²) in [5.41, 5.74) is 0. The first-order chi connectivity index (χ1) is 9.51. The molecule has 0 aliphatic rings. The van der Waals surface area contributed by atoms with Crippen LogP contribution >= 0.6 is 0 Å². The molecule has 118 valence electrons. The number of carbonyl (C=O) groups is 2. The van der Waals surface area contributed by atoms with Gasteiger partial charge in [-0.1, -0.05) is 40.5 Å². The number of carbonyl (C=O) groups excluding carboxylic acids is 2. The van der Waals surface area contributed by atoms with Crippen LogP contribution in [0.1, 0.15) is 66.2 Å². The Morgan fingerprint density at radius 3 is 2.00 bits per heavy atom. The maximum atomic E-state index is 12.0. The zero-order chi connectivity index (χ0) is 15.4. The van der Waals surface area contributed by atoms with Gasteiger partial charge in [-0.3, -0.25) is 9.59 Å². The van der Waals surface area contributed by atoms with E-state index in [1.54, 1.807) is 0 Å². The van der Waals surface area contributed by atoms with Crippen LogP contribution in [-0.2, 0) is 19.1 Å². The fraction of sp³-hybridized carbons (Fsp3) is 0.875. The Kier molecular flexibility index (Phi) is 11.1. The second-order valence-corrected chi connectivity index (χ2v) is 5.63. The molecule has 0 aromatic rings. The van der Waals surface area contributed by atoms with Crippen LogP contribution in [0.5, 0.6) is 0 Å². The number of unbranched alkanes of at least 4 members (excludes halogenated alkanes) is 2. The van der Waals surface area contributed by atoms with E-state index in [1.165, 1.54) is 0 Å². The number of rotatable bonds is 11. The standard InChI is InChI=1S/C16H30O4/c1-5-7-9-19-15(17)12-14(11-13(3)4)16(18)20-10-8-6-2/h13-14H,5-12H2,1-4H3. The van der Waals surface area contributed by atoms with Gasteiger partial charge < -0.3 is 9.47 Å². The van der Waals surface area contributed by atoms with Crippen LogP contribution in [0.4, 0.5) is 0 Å². The van der Waals surface area contributed by atoms with Gasteiger partial charge in [-0.05, 0) is 25.2 Å². The van der Waals surface area contributed by atoms with Gasteiger partial charge in [0.1, 0.15) is 0 Å². The molecule has 0 bridgehead atoms. The van der Waals surface area contributed by atoms with Crippen LogP contribution in [0, 0.1) is 11.8 Å². The molecule has 0 heterocycles. The molecule has 0 spiro atoms. The lowest BCUT2D eigenvalue weighted by atomic mass is 9.94. The van der Waals surface area contributed by atoms with Crippen molar-refractivity contribution >= 4 is 11.9 Å². The molecule has 0 saturated carbocycles. The van der Waals surface area contributed by atoms with E-state index < -0.39 is 0 Å². The molecule has 1 unspecified atom stereocenters. The van der Waals surface area contributed by atoms with Crippen molar-refractivity contribution in [1.82, 2.24) is 0 Å². The van der Waals surface area contributed by atoms with Gasteiger partial charge >= 0.3 is 11.9 Å². The second kappa shape index (κ2) is 11.7. The molecule has 0 aromatic carbocycles. The van der Waals surface area contributed by atoms with E-state index >= 15 is 0 Å². The van der Waals surface area contributed by atoms with E-state index in [4.69, 9.17) is 9.47 Å². The summed E-state index contributed by atoms with van der Waals surface area (Å²) in [4.78, 5) is 23.7. The van der Waals surface area contributed by atoms with Gasteiger partial charge in [0.05, 0.1) is 25.6 Å². The van der Waals surface area contributed by atoms with Gasteiger partial charge in [0.15, 0.2) is 0 Å². The largest absolute Gasteiger partial charge is 0.466 e. The molecular weight excluding hydrogens is 256 g/mol. The fourth-order valence-corrected chi connectivity index (χ4v) is 1.86.